The summed E-state index contributed by atoms with van der Waals surface area (Å²) in [4.78, 5) is 14.8. The number of pyridine rings is 1. The maximum atomic E-state index is 10.6. The number of aromatic nitrogens is 2. The number of nitrogens with zero attached hydrogens (tertiary/aromatic N) is 2. The summed E-state index contributed by atoms with van der Waals surface area (Å²) in [5, 5.41) is 12.3. The number of carboxylic acid groups (broad SMARTS) is 1. The molecule has 1 aromatic carbocycles. The van der Waals surface area contributed by atoms with Gasteiger partial charge in [0.1, 0.15) is 0 Å². The summed E-state index contributed by atoms with van der Waals surface area (Å²) < 4.78 is 2.29. The van der Waals surface area contributed by atoms with E-state index in [0.29, 0.717) is 6.54 Å². The molecule has 1 amide bonds. The highest BCUT2D eigenvalue weighted by molar-refractivity contribution is 5.81. The fourth-order valence-corrected chi connectivity index (χ4v) is 3.10. The quantitative estimate of drug-likeness (QED) is 0.714. The van der Waals surface area contributed by atoms with Crippen LogP contribution in [0.5, 0.6) is 0 Å². The number of benzene rings is 1. The van der Waals surface area contributed by atoms with Crippen molar-refractivity contribution < 1.29 is 9.90 Å². The number of hydrogen-bond acceptors (Lipinski definition) is 2. The molecule has 2 N–H and O–H groups in total. The van der Waals surface area contributed by atoms with Gasteiger partial charge < -0.3 is 15.0 Å². The predicted octanol–water partition coefficient (Wildman–Crippen LogP) is 4.19. The molecule has 1 unspecified atom stereocenters. The Hall–Kier alpha value is -2.82. The highest BCUT2D eigenvalue weighted by Crippen LogP contribution is 2.29. The minimum Gasteiger partial charge on any atom is -0.465 e. The van der Waals surface area contributed by atoms with Gasteiger partial charge in [-0.25, -0.2) is 4.79 Å². The Balaban J connectivity index is 1.95. The molecular weight excluding hydrogens is 302 g/mol. The number of rotatable bonds is 6. The third-order valence-electron chi connectivity index (χ3n) is 4.22. The highest BCUT2D eigenvalue weighted by Gasteiger charge is 2.15. The van der Waals surface area contributed by atoms with E-state index in [4.69, 9.17) is 5.11 Å². The van der Waals surface area contributed by atoms with Crippen LogP contribution in [0.15, 0.2) is 55.0 Å². The number of hydrogen-bond donors (Lipinski definition) is 2. The minimum absolute atomic E-state index is 0.276. The first-order chi connectivity index (χ1) is 11.7. The molecule has 1 atom stereocenters. The first-order valence-corrected chi connectivity index (χ1v) is 8.15. The summed E-state index contributed by atoms with van der Waals surface area (Å²) in [5.41, 5.74) is 3.36. The topological polar surface area (TPSA) is 67.2 Å². The molecule has 0 saturated carbocycles. The van der Waals surface area contributed by atoms with Crippen LogP contribution in [-0.2, 0) is 6.54 Å². The van der Waals surface area contributed by atoms with E-state index in [2.05, 4.69) is 52.3 Å². The normalized spacial score (nSPS) is 12.2. The van der Waals surface area contributed by atoms with Gasteiger partial charge in [0.2, 0.25) is 0 Å². The molecule has 2 aromatic heterocycles. The predicted molar refractivity (Wildman–Crippen MR) is 94.1 cm³/mol. The zero-order valence-corrected chi connectivity index (χ0v) is 13.6. The van der Waals surface area contributed by atoms with Crippen molar-refractivity contribution >= 4 is 17.0 Å². The van der Waals surface area contributed by atoms with E-state index < -0.39 is 6.09 Å². The lowest BCUT2D eigenvalue weighted by Crippen LogP contribution is -2.19. The van der Waals surface area contributed by atoms with Crippen LogP contribution in [0.4, 0.5) is 4.79 Å². The largest absolute Gasteiger partial charge is 0.465 e. The van der Waals surface area contributed by atoms with Crippen LogP contribution in [0, 0.1) is 0 Å². The third kappa shape index (κ3) is 3.40. The monoisotopic (exact) mass is 323 g/mol. The maximum absolute atomic E-state index is 10.6. The molecule has 5 nitrogen and oxygen atoms in total. The summed E-state index contributed by atoms with van der Waals surface area (Å²) in [7, 11) is 0. The Kier molecular flexibility index (Phi) is 4.79. The maximum Gasteiger partial charge on any atom is 0.404 e. The molecule has 0 aliphatic rings. The van der Waals surface area contributed by atoms with Crippen molar-refractivity contribution in [3.05, 3.63) is 66.1 Å². The van der Waals surface area contributed by atoms with Gasteiger partial charge in [-0.15, -0.1) is 0 Å². The Labute approximate surface area is 141 Å². The van der Waals surface area contributed by atoms with E-state index in [1.807, 2.05) is 24.5 Å². The zero-order valence-electron chi connectivity index (χ0n) is 13.6. The Bertz CT molecular complexity index is 827. The van der Waals surface area contributed by atoms with Crippen LogP contribution in [0.25, 0.3) is 10.9 Å². The molecule has 0 radical (unpaired) electrons. The minimum atomic E-state index is -1.01. The Morgan fingerprint density at radius 2 is 2.04 bits per heavy atom. The standard InChI is InChI=1S/C19H21N3O2/c1-2-3-17(15-6-9-20-10-7-15)22-11-8-16-12-14(4-5-18(16)22)13-21-19(23)24/h4-12,17,21H,2-3,13H2,1H3,(H,23,24). The van der Waals surface area contributed by atoms with Crippen molar-refractivity contribution in [1.29, 1.82) is 0 Å². The van der Waals surface area contributed by atoms with Crippen molar-refractivity contribution in [3.8, 4) is 0 Å². The second-order valence-corrected chi connectivity index (χ2v) is 5.86. The van der Waals surface area contributed by atoms with E-state index in [0.717, 1.165) is 29.3 Å². The SMILES string of the molecule is CCCC(c1ccncc1)n1ccc2cc(CNC(=O)O)ccc21. The van der Waals surface area contributed by atoms with Gasteiger partial charge in [0.15, 0.2) is 0 Å². The molecule has 0 aliphatic carbocycles. The first-order valence-electron chi connectivity index (χ1n) is 8.15. The Morgan fingerprint density at radius 3 is 2.75 bits per heavy atom. The van der Waals surface area contributed by atoms with Gasteiger partial charge in [0.05, 0.1) is 6.04 Å². The van der Waals surface area contributed by atoms with E-state index in [9.17, 15) is 4.79 Å². The first kappa shape index (κ1) is 16.1. The van der Waals surface area contributed by atoms with Crippen LogP contribution in [0.1, 0.15) is 36.9 Å². The second kappa shape index (κ2) is 7.17. The van der Waals surface area contributed by atoms with Gasteiger partial charge in [-0.05, 0) is 53.3 Å². The summed E-state index contributed by atoms with van der Waals surface area (Å²) in [6, 6.07) is 12.6. The fraction of sp³-hybridized carbons (Fsp3) is 0.263. The van der Waals surface area contributed by atoms with E-state index in [-0.39, 0.29) is 6.04 Å². The van der Waals surface area contributed by atoms with Gasteiger partial charge >= 0.3 is 6.09 Å². The molecule has 5 heteroatoms. The summed E-state index contributed by atoms with van der Waals surface area (Å²) >= 11 is 0. The molecule has 24 heavy (non-hydrogen) atoms. The fourth-order valence-electron chi connectivity index (χ4n) is 3.10. The average Bonchev–Trinajstić information content (AvgIpc) is 3.01. The van der Waals surface area contributed by atoms with Crippen molar-refractivity contribution in [2.75, 3.05) is 0 Å². The molecule has 2 heterocycles. The van der Waals surface area contributed by atoms with Crippen molar-refractivity contribution in [1.82, 2.24) is 14.9 Å². The molecule has 0 fully saturated rings. The lowest BCUT2D eigenvalue weighted by molar-refractivity contribution is 0.194. The van der Waals surface area contributed by atoms with Crippen LogP contribution in [0.2, 0.25) is 0 Å². The van der Waals surface area contributed by atoms with Gasteiger partial charge in [0.25, 0.3) is 0 Å². The van der Waals surface area contributed by atoms with Gasteiger partial charge in [-0.1, -0.05) is 19.4 Å². The van der Waals surface area contributed by atoms with Gasteiger partial charge in [0, 0.05) is 30.7 Å². The summed E-state index contributed by atoms with van der Waals surface area (Å²) in [6.45, 7) is 2.51. The smallest absolute Gasteiger partial charge is 0.404 e. The van der Waals surface area contributed by atoms with Gasteiger partial charge in [-0.2, -0.15) is 0 Å². The lowest BCUT2D eigenvalue weighted by Gasteiger charge is -2.20. The zero-order chi connectivity index (χ0) is 16.9. The highest BCUT2D eigenvalue weighted by atomic mass is 16.4. The number of fused-ring (bicyclic) bond motifs is 1. The molecule has 124 valence electrons. The van der Waals surface area contributed by atoms with Crippen LogP contribution < -0.4 is 5.32 Å². The van der Waals surface area contributed by atoms with Crippen LogP contribution >= 0.6 is 0 Å². The molecular formula is C19H21N3O2. The average molecular weight is 323 g/mol. The van der Waals surface area contributed by atoms with Crippen molar-refractivity contribution in [2.45, 2.75) is 32.4 Å². The van der Waals surface area contributed by atoms with Crippen LogP contribution in [0.3, 0.4) is 0 Å². The van der Waals surface area contributed by atoms with E-state index in [1.165, 1.54) is 5.56 Å². The second-order valence-electron chi connectivity index (χ2n) is 5.86. The lowest BCUT2D eigenvalue weighted by atomic mass is 10.0. The number of nitrogens with one attached hydrogen (secondary N) is 1. The molecule has 0 spiro atoms. The molecule has 0 saturated heterocycles. The van der Waals surface area contributed by atoms with Gasteiger partial charge in [-0.3, -0.25) is 4.98 Å². The molecule has 0 bridgehead atoms. The molecule has 3 aromatic rings. The number of carbonyl (C=O) groups is 1. The Morgan fingerprint density at radius 1 is 1.25 bits per heavy atom. The van der Waals surface area contributed by atoms with Crippen molar-refractivity contribution in [2.24, 2.45) is 0 Å². The third-order valence-corrected chi connectivity index (χ3v) is 4.22. The van der Waals surface area contributed by atoms with Crippen LogP contribution in [-0.4, -0.2) is 20.8 Å². The molecule has 0 aliphatic heterocycles. The summed E-state index contributed by atoms with van der Waals surface area (Å²) in [5.74, 6) is 0. The van der Waals surface area contributed by atoms with Crippen molar-refractivity contribution in [3.63, 3.8) is 0 Å². The number of amides is 1. The molecule has 3 rings (SSSR count). The van der Waals surface area contributed by atoms with E-state index in [1.54, 1.807) is 0 Å². The summed E-state index contributed by atoms with van der Waals surface area (Å²) in [6.07, 6.45) is 6.91. The van der Waals surface area contributed by atoms with E-state index >= 15 is 0 Å².